The molecule has 2 aromatic rings. The minimum absolute atomic E-state index is 0.129. The summed E-state index contributed by atoms with van der Waals surface area (Å²) in [5, 5.41) is 6.32. The molecule has 1 saturated carbocycles. The van der Waals surface area contributed by atoms with Gasteiger partial charge in [-0.2, -0.15) is 0 Å². The molecule has 0 aromatic heterocycles. The highest BCUT2D eigenvalue weighted by Gasteiger charge is 2.32. The van der Waals surface area contributed by atoms with E-state index < -0.39 is 12.2 Å². The van der Waals surface area contributed by atoms with E-state index in [0.29, 0.717) is 12.8 Å². The van der Waals surface area contributed by atoms with Crippen LogP contribution in [-0.2, 0) is 9.59 Å². The zero-order valence-corrected chi connectivity index (χ0v) is 20.8. The third-order valence-corrected chi connectivity index (χ3v) is 6.47. The molecule has 0 saturated heterocycles. The average Bonchev–Trinajstić information content (AvgIpc) is 2.84. The van der Waals surface area contributed by atoms with Gasteiger partial charge in [-0.3, -0.25) is 9.59 Å². The lowest BCUT2D eigenvalue weighted by atomic mass is 9.89. The van der Waals surface area contributed by atoms with Gasteiger partial charge in [0.25, 0.3) is 11.8 Å². The van der Waals surface area contributed by atoms with Crippen molar-refractivity contribution in [2.75, 3.05) is 0 Å². The maximum Gasteiger partial charge on any atom is 0.261 e. The first-order valence-corrected chi connectivity index (χ1v) is 12.5. The van der Waals surface area contributed by atoms with Crippen LogP contribution in [0.3, 0.4) is 0 Å². The van der Waals surface area contributed by atoms with Gasteiger partial charge < -0.3 is 20.1 Å². The van der Waals surface area contributed by atoms with E-state index in [1.165, 1.54) is 0 Å². The van der Waals surface area contributed by atoms with Crippen LogP contribution in [0.1, 0.15) is 63.5 Å². The molecule has 6 heteroatoms. The van der Waals surface area contributed by atoms with Crippen LogP contribution >= 0.6 is 0 Å². The Kier molecular flexibility index (Phi) is 9.37. The molecule has 0 heterocycles. The average molecular weight is 467 g/mol. The molecule has 4 atom stereocenters. The molecule has 6 nitrogen and oxygen atoms in total. The van der Waals surface area contributed by atoms with Crippen molar-refractivity contribution >= 4 is 11.8 Å². The minimum atomic E-state index is -0.577. The molecule has 2 N–H and O–H groups in total. The van der Waals surface area contributed by atoms with Crippen molar-refractivity contribution in [2.45, 2.75) is 90.5 Å². The van der Waals surface area contributed by atoms with Crippen LogP contribution in [-0.4, -0.2) is 36.1 Å². The topological polar surface area (TPSA) is 76.7 Å². The van der Waals surface area contributed by atoms with Crippen LogP contribution in [0.5, 0.6) is 11.5 Å². The van der Waals surface area contributed by atoms with Gasteiger partial charge in [-0.05, 0) is 62.8 Å². The van der Waals surface area contributed by atoms with Gasteiger partial charge >= 0.3 is 0 Å². The number of aryl methyl sites for hydroxylation is 2. The highest BCUT2D eigenvalue weighted by molar-refractivity contribution is 5.83. The smallest absolute Gasteiger partial charge is 0.261 e. The summed E-state index contributed by atoms with van der Waals surface area (Å²) in [6, 6.07) is 15.2. The number of rotatable bonds is 10. The van der Waals surface area contributed by atoms with Crippen molar-refractivity contribution in [1.29, 1.82) is 0 Å². The molecule has 0 aliphatic heterocycles. The molecule has 2 aromatic carbocycles. The number of hydrogen-bond donors (Lipinski definition) is 2. The normalized spacial score (nSPS) is 19.5. The second-order valence-corrected chi connectivity index (χ2v) is 9.08. The van der Waals surface area contributed by atoms with Gasteiger partial charge in [0.15, 0.2) is 12.2 Å². The van der Waals surface area contributed by atoms with Crippen LogP contribution in [0.4, 0.5) is 0 Å². The van der Waals surface area contributed by atoms with Crippen molar-refractivity contribution in [3.63, 3.8) is 0 Å². The van der Waals surface area contributed by atoms with Crippen molar-refractivity contribution < 1.29 is 19.1 Å². The molecular formula is C28H38N2O4. The number of carbonyl (C=O) groups excluding carboxylic acids is 2. The summed E-state index contributed by atoms with van der Waals surface area (Å²) in [7, 11) is 0. The van der Waals surface area contributed by atoms with Gasteiger partial charge in [-0.15, -0.1) is 0 Å². The van der Waals surface area contributed by atoms with E-state index in [9.17, 15) is 9.59 Å². The summed E-state index contributed by atoms with van der Waals surface area (Å²) in [5.74, 6) is 1.16. The standard InChI is InChI=1S/C28H38N2O4/c1-5-23(33-25-17-11-7-13-19(25)3)27(31)29-21-15-9-10-16-22(21)30-28(32)24(6-2)34-26-18-12-8-14-20(26)4/h7-8,11-14,17-18,21-24H,5-6,9-10,15-16H2,1-4H3,(H,29,31)(H,30,32). The summed E-state index contributed by atoms with van der Waals surface area (Å²) >= 11 is 0. The zero-order chi connectivity index (χ0) is 24.5. The molecule has 1 aliphatic rings. The molecule has 1 fully saturated rings. The number of amides is 2. The van der Waals surface area contributed by atoms with Gasteiger partial charge in [-0.1, -0.05) is 63.1 Å². The van der Waals surface area contributed by atoms with E-state index in [-0.39, 0.29) is 23.9 Å². The largest absolute Gasteiger partial charge is 0.480 e. The highest BCUT2D eigenvalue weighted by Crippen LogP contribution is 2.23. The summed E-state index contributed by atoms with van der Waals surface area (Å²) in [6.45, 7) is 7.82. The molecule has 4 unspecified atom stereocenters. The Balaban J connectivity index is 1.62. The predicted molar refractivity (Wildman–Crippen MR) is 134 cm³/mol. The predicted octanol–water partition coefficient (Wildman–Crippen LogP) is 4.86. The van der Waals surface area contributed by atoms with Gasteiger partial charge in [0, 0.05) is 12.1 Å². The SMILES string of the molecule is CCC(Oc1ccccc1C)C(=O)NC1CCCCC1NC(=O)C(CC)Oc1ccccc1C. The summed E-state index contributed by atoms with van der Waals surface area (Å²) in [4.78, 5) is 26.2. The van der Waals surface area contributed by atoms with E-state index in [1.54, 1.807) is 0 Å². The van der Waals surface area contributed by atoms with E-state index in [1.807, 2.05) is 76.2 Å². The van der Waals surface area contributed by atoms with Gasteiger partial charge in [-0.25, -0.2) is 0 Å². The second-order valence-electron chi connectivity index (χ2n) is 9.08. The van der Waals surface area contributed by atoms with Crippen LogP contribution in [0.25, 0.3) is 0 Å². The monoisotopic (exact) mass is 466 g/mol. The number of hydrogen-bond acceptors (Lipinski definition) is 4. The first-order chi connectivity index (χ1) is 16.4. The molecule has 1 aliphatic carbocycles. The Morgan fingerprint density at radius 3 is 1.50 bits per heavy atom. The Bertz CT molecular complexity index is 883. The fourth-order valence-electron chi connectivity index (χ4n) is 4.36. The lowest BCUT2D eigenvalue weighted by Crippen LogP contribution is -2.57. The van der Waals surface area contributed by atoms with E-state index >= 15 is 0 Å². The van der Waals surface area contributed by atoms with Crippen molar-refractivity contribution in [3.05, 3.63) is 59.7 Å². The lowest BCUT2D eigenvalue weighted by molar-refractivity contribution is -0.132. The third kappa shape index (κ3) is 6.75. The molecule has 2 amide bonds. The van der Waals surface area contributed by atoms with Crippen molar-refractivity contribution in [1.82, 2.24) is 10.6 Å². The Labute approximate surface area is 203 Å². The zero-order valence-electron chi connectivity index (χ0n) is 20.8. The summed E-state index contributed by atoms with van der Waals surface area (Å²) in [6.07, 6.45) is 3.66. The molecule has 0 spiro atoms. The van der Waals surface area contributed by atoms with Crippen LogP contribution in [0.15, 0.2) is 48.5 Å². The summed E-state index contributed by atoms with van der Waals surface area (Å²) < 4.78 is 12.1. The van der Waals surface area contributed by atoms with Gasteiger partial charge in [0.1, 0.15) is 11.5 Å². The van der Waals surface area contributed by atoms with E-state index in [2.05, 4.69) is 10.6 Å². The molecule has 0 radical (unpaired) electrons. The van der Waals surface area contributed by atoms with Crippen molar-refractivity contribution in [2.24, 2.45) is 0 Å². The quantitative estimate of drug-likeness (QED) is 0.524. The minimum Gasteiger partial charge on any atom is -0.480 e. The van der Waals surface area contributed by atoms with Crippen LogP contribution in [0, 0.1) is 13.8 Å². The maximum absolute atomic E-state index is 13.1. The van der Waals surface area contributed by atoms with Crippen LogP contribution < -0.4 is 20.1 Å². The molecule has 0 bridgehead atoms. The Morgan fingerprint density at radius 2 is 1.15 bits per heavy atom. The highest BCUT2D eigenvalue weighted by atomic mass is 16.5. The Hall–Kier alpha value is -3.02. The Morgan fingerprint density at radius 1 is 0.765 bits per heavy atom. The summed E-state index contributed by atoms with van der Waals surface area (Å²) in [5.41, 5.74) is 1.99. The number of nitrogens with one attached hydrogen (secondary N) is 2. The molecule has 184 valence electrons. The van der Waals surface area contributed by atoms with E-state index in [0.717, 1.165) is 48.3 Å². The van der Waals surface area contributed by atoms with Gasteiger partial charge in [0.2, 0.25) is 0 Å². The first kappa shape index (κ1) is 25.6. The molecule has 3 rings (SSSR count). The lowest BCUT2D eigenvalue weighted by Gasteiger charge is -2.34. The number of benzene rings is 2. The van der Waals surface area contributed by atoms with Gasteiger partial charge in [0.05, 0.1) is 0 Å². The maximum atomic E-state index is 13.1. The van der Waals surface area contributed by atoms with Crippen molar-refractivity contribution in [3.8, 4) is 11.5 Å². The number of carbonyl (C=O) groups is 2. The number of ether oxygens (including phenoxy) is 2. The fraction of sp³-hybridized carbons (Fsp3) is 0.500. The third-order valence-electron chi connectivity index (χ3n) is 6.47. The fourth-order valence-corrected chi connectivity index (χ4v) is 4.36. The molecule has 34 heavy (non-hydrogen) atoms. The van der Waals surface area contributed by atoms with Crippen LogP contribution in [0.2, 0.25) is 0 Å². The first-order valence-electron chi connectivity index (χ1n) is 12.5. The second kappa shape index (κ2) is 12.4. The van der Waals surface area contributed by atoms with E-state index in [4.69, 9.17) is 9.47 Å². The molecular weight excluding hydrogens is 428 g/mol. The number of para-hydroxylation sites is 2.